The molecule has 4 rings (SSSR count). The van der Waals surface area contributed by atoms with Crippen LogP contribution in [-0.2, 0) is 11.4 Å². The van der Waals surface area contributed by atoms with E-state index in [4.69, 9.17) is 23.4 Å². The lowest BCUT2D eigenvalue weighted by molar-refractivity contribution is -0.131. The van der Waals surface area contributed by atoms with E-state index in [-0.39, 0.29) is 16.0 Å². The minimum Gasteiger partial charge on any atom is -0.497 e. The molecule has 9 nitrogen and oxygen atoms in total. The number of methoxy groups -OCH3 is 3. The first kappa shape index (κ1) is 27.1. The minimum atomic E-state index is -1.15. The summed E-state index contributed by atoms with van der Waals surface area (Å²) in [5.74, 6) is 1.16. The highest BCUT2D eigenvalue weighted by molar-refractivity contribution is 9.10. The Morgan fingerprint density at radius 2 is 1.66 bits per heavy atom. The summed E-state index contributed by atoms with van der Waals surface area (Å²) in [6.07, 6.45) is 1.49. The van der Waals surface area contributed by atoms with E-state index in [1.54, 1.807) is 36.4 Å². The van der Waals surface area contributed by atoms with Crippen molar-refractivity contribution in [2.75, 3.05) is 21.3 Å². The predicted octanol–water partition coefficient (Wildman–Crippen LogP) is 6.32. The summed E-state index contributed by atoms with van der Waals surface area (Å²) in [7, 11) is 4.59. The highest BCUT2D eigenvalue weighted by Crippen LogP contribution is 2.35. The Morgan fingerprint density at radius 3 is 2.29 bits per heavy atom. The smallest absolute Gasteiger partial charge is 0.342 e. The third-order valence-electron chi connectivity index (χ3n) is 5.21. The molecule has 0 amide bonds. The van der Waals surface area contributed by atoms with Gasteiger partial charge in [0.25, 0.3) is 5.22 Å². The number of halogens is 1. The quantitative estimate of drug-likeness (QED) is 0.155. The first-order valence-electron chi connectivity index (χ1n) is 11.1. The van der Waals surface area contributed by atoms with E-state index in [0.29, 0.717) is 40.7 Å². The molecule has 0 aliphatic heterocycles. The number of hydrogen-bond donors (Lipinski definition) is 1. The van der Waals surface area contributed by atoms with E-state index in [1.807, 2.05) is 24.3 Å². The maximum Gasteiger partial charge on any atom is 0.342 e. The van der Waals surface area contributed by atoms with Gasteiger partial charge in [-0.05, 0) is 65.4 Å². The number of carboxylic acid groups (broad SMARTS) is 1. The van der Waals surface area contributed by atoms with Crippen LogP contribution in [0.1, 0.15) is 11.1 Å². The predicted molar refractivity (Wildman–Crippen MR) is 146 cm³/mol. The number of aliphatic carboxylic acids is 1. The number of benzene rings is 3. The van der Waals surface area contributed by atoms with E-state index in [1.165, 1.54) is 27.4 Å². The molecule has 1 heterocycles. The molecule has 3 aromatic carbocycles. The van der Waals surface area contributed by atoms with Gasteiger partial charge >= 0.3 is 5.97 Å². The molecule has 4 aromatic rings. The van der Waals surface area contributed by atoms with Crippen molar-refractivity contribution < 1.29 is 33.3 Å². The normalized spacial score (nSPS) is 11.2. The second-order valence-corrected chi connectivity index (χ2v) is 9.62. The van der Waals surface area contributed by atoms with Crippen LogP contribution in [0.15, 0.2) is 79.7 Å². The van der Waals surface area contributed by atoms with Gasteiger partial charge < -0.3 is 28.5 Å². The third kappa shape index (κ3) is 6.87. The van der Waals surface area contributed by atoms with Gasteiger partial charge in [0.05, 0.1) is 21.3 Å². The summed E-state index contributed by atoms with van der Waals surface area (Å²) in [5, 5.41) is 17.9. The van der Waals surface area contributed by atoms with Gasteiger partial charge in [-0.1, -0.05) is 34.1 Å². The zero-order chi connectivity index (χ0) is 27.1. The molecule has 0 unspecified atom stereocenters. The lowest BCUT2D eigenvalue weighted by Gasteiger charge is -2.12. The van der Waals surface area contributed by atoms with Gasteiger partial charge in [0, 0.05) is 16.1 Å². The Balaban J connectivity index is 1.52. The van der Waals surface area contributed by atoms with Crippen molar-refractivity contribution in [3.63, 3.8) is 0 Å². The fraction of sp³-hybridized carbons (Fsp3) is 0.148. The van der Waals surface area contributed by atoms with E-state index < -0.39 is 5.97 Å². The first-order valence-corrected chi connectivity index (χ1v) is 12.7. The molecular weight excluding hydrogens is 576 g/mol. The Hall–Kier alpha value is -3.96. The van der Waals surface area contributed by atoms with E-state index in [0.717, 1.165) is 21.8 Å². The lowest BCUT2D eigenvalue weighted by Crippen LogP contribution is -1.99. The van der Waals surface area contributed by atoms with Crippen molar-refractivity contribution in [1.29, 1.82) is 0 Å². The minimum absolute atomic E-state index is 0.0194. The molecule has 0 aliphatic carbocycles. The Labute approximate surface area is 231 Å². The van der Waals surface area contributed by atoms with E-state index in [2.05, 4.69) is 26.1 Å². The first-order chi connectivity index (χ1) is 18.4. The van der Waals surface area contributed by atoms with Crippen LogP contribution in [0.2, 0.25) is 0 Å². The van der Waals surface area contributed by atoms with Crippen LogP contribution in [0.3, 0.4) is 0 Å². The second-order valence-electron chi connectivity index (χ2n) is 7.72. The number of rotatable bonds is 11. The second kappa shape index (κ2) is 12.5. The summed E-state index contributed by atoms with van der Waals surface area (Å²) in [4.78, 5) is 12.0. The molecule has 11 heteroatoms. The van der Waals surface area contributed by atoms with Crippen LogP contribution in [0.5, 0.6) is 23.0 Å². The summed E-state index contributed by atoms with van der Waals surface area (Å²) >= 11 is 4.25. The zero-order valence-electron chi connectivity index (χ0n) is 20.6. The molecule has 1 aromatic heterocycles. The molecule has 0 spiro atoms. The Morgan fingerprint density at radius 1 is 0.947 bits per heavy atom. The molecular formula is C27H23BrN2O7S. The SMILES string of the molecule is COc1cc(OC)cc(-c2nnc(S/C(=C\c3ccc(OCc4ccc(Br)cc4)c(OC)c3)C(=O)O)o2)c1. The van der Waals surface area contributed by atoms with Crippen molar-refractivity contribution in [3.8, 4) is 34.5 Å². The molecule has 0 aliphatic rings. The number of hydrogen-bond acceptors (Lipinski definition) is 9. The number of ether oxygens (including phenoxy) is 4. The molecule has 0 saturated carbocycles. The summed E-state index contributed by atoms with van der Waals surface area (Å²) in [6.45, 7) is 0.355. The molecule has 0 atom stereocenters. The third-order valence-corrected chi connectivity index (χ3v) is 6.59. The van der Waals surface area contributed by atoms with Crippen LogP contribution in [0.4, 0.5) is 0 Å². The highest BCUT2D eigenvalue weighted by Gasteiger charge is 2.18. The largest absolute Gasteiger partial charge is 0.497 e. The van der Waals surface area contributed by atoms with Gasteiger partial charge in [0.1, 0.15) is 23.0 Å². The van der Waals surface area contributed by atoms with Gasteiger partial charge in [0.2, 0.25) is 5.89 Å². The van der Waals surface area contributed by atoms with Gasteiger partial charge in [-0.15, -0.1) is 10.2 Å². The van der Waals surface area contributed by atoms with Crippen molar-refractivity contribution in [2.45, 2.75) is 11.8 Å². The average Bonchev–Trinajstić information content (AvgIpc) is 3.41. The topological polar surface area (TPSA) is 113 Å². The number of nitrogens with zero attached hydrogens (tertiary/aromatic N) is 2. The molecule has 0 saturated heterocycles. The highest BCUT2D eigenvalue weighted by atomic mass is 79.9. The van der Waals surface area contributed by atoms with Gasteiger partial charge in [-0.3, -0.25) is 0 Å². The molecule has 0 bridgehead atoms. The molecule has 196 valence electrons. The van der Waals surface area contributed by atoms with Gasteiger partial charge in [0.15, 0.2) is 11.5 Å². The van der Waals surface area contributed by atoms with Crippen LogP contribution in [-0.4, -0.2) is 42.6 Å². The van der Waals surface area contributed by atoms with Crippen LogP contribution < -0.4 is 18.9 Å². The number of thioether (sulfide) groups is 1. The maximum absolute atomic E-state index is 12.0. The van der Waals surface area contributed by atoms with Crippen LogP contribution in [0, 0.1) is 0 Å². The molecule has 38 heavy (non-hydrogen) atoms. The summed E-state index contributed by atoms with van der Waals surface area (Å²) in [5.41, 5.74) is 2.17. The molecule has 1 N–H and O–H groups in total. The molecule has 0 fully saturated rings. The van der Waals surface area contributed by atoms with Gasteiger partial charge in [-0.2, -0.15) is 0 Å². The zero-order valence-corrected chi connectivity index (χ0v) is 23.0. The maximum atomic E-state index is 12.0. The van der Waals surface area contributed by atoms with Crippen molar-refractivity contribution in [2.24, 2.45) is 0 Å². The lowest BCUT2D eigenvalue weighted by atomic mass is 10.2. The van der Waals surface area contributed by atoms with Crippen molar-refractivity contribution in [1.82, 2.24) is 10.2 Å². The number of carboxylic acids is 1. The fourth-order valence-corrected chi connectivity index (χ4v) is 4.25. The standard InChI is InChI=1S/C27H23BrN2O7S/c1-33-20-12-18(13-21(14-20)34-2)25-29-30-27(37-25)38-24(26(31)32)11-17-6-9-22(23(10-17)35-3)36-15-16-4-7-19(28)8-5-16/h4-14H,15H2,1-3H3,(H,31,32)/b24-11-. The number of carbonyl (C=O) groups is 1. The van der Waals surface area contributed by atoms with Gasteiger partial charge in [-0.25, -0.2) is 4.79 Å². The Bertz CT molecular complexity index is 1430. The van der Waals surface area contributed by atoms with Crippen LogP contribution in [0.25, 0.3) is 17.5 Å². The summed E-state index contributed by atoms with van der Waals surface area (Å²) in [6, 6.07) is 18.1. The summed E-state index contributed by atoms with van der Waals surface area (Å²) < 4.78 is 28.6. The van der Waals surface area contributed by atoms with Crippen LogP contribution >= 0.6 is 27.7 Å². The van der Waals surface area contributed by atoms with Crippen molar-refractivity contribution >= 4 is 39.7 Å². The fourth-order valence-electron chi connectivity index (χ4n) is 3.31. The average molecular weight is 599 g/mol. The van der Waals surface area contributed by atoms with Crippen molar-refractivity contribution in [3.05, 3.63) is 81.2 Å². The molecule has 0 radical (unpaired) electrons. The van der Waals surface area contributed by atoms with E-state index in [9.17, 15) is 9.90 Å². The van der Waals surface area contributed by atoms with E-state index >= 15 is 0 Å². The monoisotopic (exact) mass is 598 g/mol. The Kier molecular flexibility index (Phi) is 8.93. The number of aromatic nitrogens is 2.